The van der Waals surface area contributed by atoms with E-state index in [9.17, 15) is 28.8 Å². The summed E-state index contributed by atoms with van der Waals surface area (Å²) in [7, 11) is 0. The number of anilines is 1. The standard InChI is InChI=1S/C40H49N5O8.C8H15NO4/c1-39(2,3)52-37(48)42-19-18-35(46)43-31-9-7-8-27(20-31)25-50-33-21-28(22-34(23-33)51-32-16-10-26(24-41)11-17-32)36(47)44-29-12-14-30(15-13-29)45-38(49)53-40(4,5)6;1-8(2,3)13-7(12)9-5-4-6(10)11/h7-11,16-17,20-23,29-30H,12-15,18-19,25H2,1-6H3,(H,42,48)(H,43,46)(H,44,47)(H,45,49);4-5H2,1-3H3,(H,9,12)(H,10,11). The summed E-state index contributed by atoms with van der Waals surface area (Å²) in [5, 5.41) is 31.2. The van der Waals surface area contributed by atoms with Gasteiger partial charge in [0.2, 0.25) is 5.91 Å². The third kappa shape index (κ3) is 22.5. The zero-order chi connectivity index (χ0) is 49.1. The Morgan fingerprint density at radius 2 is 1.18 bits per heavy atom. The lowest BCUT2D eigenvalue weighted by Crippen LogP contribution is -2.45. The molecule has 18 nitrogen and oxygen atoms in total. The summed E-state index contributed by atoms with van der Waals surface area (Å²) in [6.45, 7) is 16.3. The van der Waals surface area contributed by atoms with Crippen molar-refractivity contribution in [2.75, 3.05) is 18.4 Å². The minimum absolute atomic E-state index is 0.0323. The normalized spacial score (nSPS) is 14.6. The third-order valence-electron chi connectivity index (χ3n) is 8.79. The molecule has 358 valence electrons. The Hall–Kier alpha value is -7.03. The molecule has 0 bridgehead atoms. The van der Waals surface area contributed by atoms with Crippen molar-refractivity contribution >= 4 is 41.8 Å². The summed E-state index contributed by atoms with van der Waals surface area (Å²) in [5.41, 5.74) is 0.378. The zero-order valence-corrected chi connectivity index (χ0v) is 39.3. The Balaban J connectivity index is 0.000000771. The molecule has 0 aromatic heterocycles. The summed E-state index contributed by atoms with van der Waals surface area (Å²) in [6, 6.07) is 20.7. The number of nitrogens with zero attached hydrogens (tertiary/aromatic N) is 1. The SMILES string of the molecule is CC(C)(C)OC(=O)NCCC(=O)Nc1cccc(COc2cc(Oc3ccc(C#N)cc3)cc(C(=O)NC3CCC(NC(=O)OC(C)(C)C)CC3)c2)c1.CC(C)(C)OC(=O)NCCC(=O)O. The molecular formula is C48H64N6O12. The average molecular weight is 917 g/mol. The molecular weight excluding hydrogens is 853 g/mol. The number of carboxylic acids is 1. The van der Waals surface area contributed by atoms with Crippen molar-refractivity contribution in [3.63, 3.8) is 0 Å². The van der Waals surface area contributed by atoms with Gasteiger partial charge in [0.1, 0.15) is 40.7 Å². The van der Waals surface area contributed by atoms with Crippen molar-refractivity contribution in [1.82, 2.24) is 21.3 Å². The largest absolute Gasteiger partial charge is 0.489 e. The van der Waals surface area contributed by atoms with Crippen LogP contribution >= 0.6 is 0 Å². The van der Waals surface area contributed by atoms with Gasteiger partial charge in [0, 0.05) is 48.9 Å². The van der Waals surface area contributed by atoms with E-state index < -0.39 is 41.1 Å². The summed E-state index contributed by atoms with van der Waals surface area (Å²) in [4.78, 5) is 71.1. The second-order valence-electron chi connectivity index (χ2n) is 18.4. The van der Waals surface area contributed by atoms with Crippen LogP contribution in [0.15, 0.2) is 66.7 Å². The van der Waals surface area contributed by atoms with Crippen LogP contribution in [0, 0.1) is 11.3 Å². The Morgan fingerprint density at radius 1 is 0.652 bits per heavy atom. The van der Waals surface area contributed by atoms with Gasteiger partial charge in [0.15, 0.2) is 0 Å². The fourth-order valence-corrected chi connectivity index (χ4v) is 6.01. The molecule has 5 amide bonds. The maximum absolute atomic E-state index is 13.5. The molecule has 3 aromatic rings. The molecule has 1 aliphatic carbocycles. The number of aliphatic carboxylic acids is 1. The van der Waals surface area contributed by atoms with Crippen LogP contribution in [-0.2, 0) is 30.4 Å². The first-order valence-corrected chi connectivity index (χ1v) is 21.7. The van der Waals surface area contributed by atoms with Crippen LogP contribution in [0.3, 0.4) is 0 Å². The van der Waals surface area contributed by atoms with Crippen LogP contribution < -0.4 is 36.1 Å². The van der Waals surface area contributed by atoms with E-state index in [-0.39, 0.29) is 56.4 Å². The van der Waals surface area contributed by atoms with Crippen LogP contribution in [0.4, 0.5) is 20.1 Å². The predicted molar refractivity (Wildman–Crippen MR) is 245 cm³/mol. The van der Waals surface area contributed by atoms with E-state index in [4.69, 9.17) is 34.1 Å². The lowest BCUT2D eigenvalue weighted by molar-refractivity contribution is -0.136. The van der Waals surface area contributed by atoms with E-state index in [2.05, 4.69) is 32.7 Å². The molecule has 0 radical (unpaired) electrons. The van der Waals surface area contributed by atoms with E-state index >= 15 is 0 Å². The van der Waals surface area contributed by atoms with Gasteiger partial charge in [0.05, 0.1) is 18.1 Å². The number of hydrogen-bond acceptors (Lipinski definition) is 12. The predicted octanol–water partition coefficient (Wildman–Crippen LogP) is 8.33. The first kappa shape index (κ1) is 53.3. The molecule has 1 aliphatic rings. The smallest absolute Gasteiger partial charge is 0.407 e. The molecule has 6 N–H and O–H groups in total. The molecule has 0 heterocycles. The number of ether oxygens (including phenoxy) is 5. The number of carbonyl (C=O) groups is 6. The monoisotopic (exact) mass is 916 g/mol. The molecule has 0 aliphatic heterocycles. The van der Waals surface area contributed by atoms with Gasteiger partial charge in [-0.05, 0) is 142 Å². The highest BCUT2D eigenvalue weighted by atomic mass is 16.6. The van der Waals surface area contributed by atoms with Crippen molar-refractivity contribution < 1.29 is 57.6 Å². The number of benzene rings is 3. The molecule has 18 heteroatoms. The van der Waals surface area contributed by atoms with Gasteiger partial charge in [-0.25, -0.2) is 14.4 Å². The number of nitriles is 1. The highest BCUT2D eigenvalue weighted by molar-refractivity contribution is 5.95. The maximum Gasteiger partial charge on any atom is 0.407 e. The first-order valence-electron chi connectivity index (χ1n) is 21.7. The van der Waals surface area contributed by atoms with Gasteiger partial charge in [-0.3, -0.25) is 14.4 Å². The molecule has 1 saturated carbocycles. The van der Waals surface area contributed by atoms with Gasteiger partial charge >= 0.3 is 24.2 Å². The Kier molecular flexibility index (Phi) is 20.1. The summed E-state index contributed by atoms with van der Waals surface area (Å²) in [5.74, 6) is -0.299. The van der Waals surface area contributed by atoms with Gasteiger partial charge in [-0.2, -0.15) is 5.26 Å². The number of carbonyl (C=O) groups excluding carboxylic acids is 5. The molecule has 0 atom stereocenters. The van der Waals surface area contributed by atoms with E-state index in [1.165, 1.54) is 0 Å². The number of carboxylic acid groups (broad SMARTS) is 1. The lowest BCUT2D eigenvalue weighted by atomic mass is 9.91. The summed E-state index contributed by atoms with van der Waals surface area (Å²) >= 11 is 0. The first-order chi connectivity index (χ1) is 30.8. The molecule has 66 heavy (non-hydrogen) atoms. The van der Waals surface area contributed by atoms with E-state index in [1.807, 2.05) is 26.8 Å². The van der Waals surface area contributed by atoms with Gasteiger partial charge in [-0.1, -0.05) is 12.1 Å². The summed E-state index contributed by atoms with van der Waals surface area (Å²) < 4.78 is 27.6. The van der Waals surface area contributed by atoms with Gasteiger partial charge < -0.3 is 55.4 Å². The zero-order valence-electron chi connectivity index (χ0n) is 39.3. The fourth-order valence-electron chi connectivity index (χ4n) is 6.01. The fraction of sp³-hybridized carbons (Fsp3) is 0.479. The Morgan fingerprint density at radius 3 is 1.73 bits per heavy atom. The quantitative estimate of drug-likeness (QED) is 0.0785. The second-order valence-corrected chi connectivity index (χ2v) is 18.4. The van der Waals surface area contributed by atoms with Gasteiger partial charge in [0.25, 0.3) is 5.91 Å². The topological polar surface area (TPSA) is 253 Å². The van der Waals surface area contributed by atoms with Crippen LogP contribution in [-0.4, -0.2) is 83.1 Å². The van der Waals surface area contributed by atoms with Crippen molar-refractivity contribution in [3.05, 3.63) is 83.4 Å². The number of alkyl carbamates (subject to hydrolysis) is 3. The summed E-state index contributed by atoms with van der Waals surface area (Å²) in [6.07, 6.45) is 1.10. The third-order valence-corrected chi connectivity index (χ3v) is 8.79. The highest BCUT2D eigenvalue weighted by Gasteiger charge is 2.26. The molecule has 1 fully saturated rings. The molecule has 0 spiro atoms. The molecule has 0 unspecified atom stereocenters. The number of hydrogen-bond donors (Lipinski definition) is 6. The number of nitrogens with one attached hydrogen (secondary N) is 5. The van der Waals surface area contributed by atoms with E-state index in [0.29, 0.717) is 59.7 Å². The van der Waals surface area contributed by atoms with Crippen LogP contribution in [0.1, 0.15) is 122 Å². The molecule has 0 saturated heterocycles. The van der Waals surface area contributed by atoms with Crippen LogP contribution in [0.25, 0.3) is 0 Å². The van der Waals surface area contributed by atoms with E-state index in [0.717, 1.165) is 5.56 Å². The van der Waals surface area contributed by atoms with Gasteiger partial charge in [-0.15, -0.1) is 0 Å². The Bertz CT molecular complexity index is 2160. The van der Waals surface area contributed by atoms with Crippen molar-refractivity contribution in [2.45, 2.75) is 136 Å². The van der Waals surface area contributed by atoms with Crippen LogP contribution in [0.5, 0.6) is 17.2 Å². The van der Waals surface area contributed by atoms with Crippen LogP contribution in [0.2, 0.25) is 0 Å². The molecule has 4 rings (SSSR count). The van der Waals surface area contributed by atoms with Crippen molar-refractivity contribution in [2.24, 2.45) is 0 Å². The minimum atomic E-state index is -0.948. The minimum Gasteiger partial charge on any atom is -0.489 e. The Labute approximate surface area is 386 Å². The highest BCUT2D eigenvalue weighted by Crippen LogP contribution is 2.29. The van der Waals surface area contributed by atoms with E-state index in [1.54, 1.807) is 102 Å². The number of rotatable bonds is 15. The average Bonchev–Trinajstić information content (AvgIpc) is 3.19. The van der Waals surface area contributed by atoms with Crippen molar-refractivity contribution in [1.29, 1.82) is 5.26 Å². The number of amides is 5. The lowest BCUT2D eigenvalue weighted by Gasteiger charge is -2.30. The van der Waals surface area contributed by atoms with Crippen molar-refractivity contribution in [3.8, 4) is 23.3 Å². The second kappa shape index (κ2) is 24.9. The molecule has 3 aromatic carbocycles. The maximum atomic E-state index is 13.5.